The molecule has 1 saturated heterocycles. The highest BCUT2D eigenvalue weighted by molar-refractivity contribution is 6.17. The minimum absolute atomic E-state index is 0.817. The highest BCUT2D eigenvalue weighted by atomic mass is 35.5. The van der Waals surface area contributed by atoms with Crippen LogP contribution in [-0.4, -0.2) is 30.4 Å². The lowest BCUT2D eigenvalue weighted by Gasteiger charge is -2.32. The van der Waals surface area contributed by atoms with Gasteiger partial charge in [-0.1, -0.05) is 30.3 Å². The Morgan fingerprint density at radius 1 is 1.24 bits per heavy atom. The van der Waals surface area contributed by atoms with Crippen molar-refractivity contribution in [3.05, 3.63) is 35.9 Å². The van der Waals surface area contributed by atoms with Crippen LogP contribution in [0.5, 0.6) is 0 Å². The molecule has 1 aromatic carbocycles. The molecule has 1 atom stereocenters. The van der Waals surface area contributed by atoms with Gasteiger partial charge >= 0.3 is 0 Å². The average molecular weight is 252 g/mol. The molecule has 1 aliphatic rings. The summed E-state index contributed by atoms with van der Waals surface area (Å²) in [6.45, 7) is 3.72. The topological polar surface area (TPSA) is 3.24 Å². The van der Waals surface area contributed by atoms with Gasteiger partial charge in [-0.05, 0) is 43.7 Å². The van der Waals surface area contributed by atoms with Gasteiger partial charge in [-0.2, -0.15) is 0 Å². The SMILES string of the molecule is ClCCC1CCCN(CCc2ccccc2)C1. The summed E-state index contributed by atoms with van der Waals surface area (Å²) < 4.78 is 0. The van der Waals surface area contributed by atoms with Gasteiger partial charge in [0.1, 0.15) is 0 Å². The van der Waals surface area contributed by atoms with Crippen LogP contribution in [-0.2, 0) is 6.42 Å². The predicted octanol–water partition coefficient (Wildman–Crippen LogP) is 3.57. The van der Waals surface area contributed by atoms with Crippen LogP contribution in [0.2, 0.25) is 0 Å². The van der Waals surface area contributed by atoms with Crippen molar-refractivity contribution in [1.82, 2.24) is 4.90 Å². The molecule has 1 fully saturated rings. The second kappa shape index (κ2) is 7.03. The largest absolute Gasteiger partial charge is 0.303 e. The molecule has 0 saturated carbocycles. The lowest BCUT2D eigenvalue weighted by Crippen LogP contribution is -2.36. The molecule has 94 valence electrons. The molecule has 0 radical (unpaired) electrons. The first kappa shape index (κ1) is 12.9. The van der Waals surface area contributed by atoms with E-state index in [-0.39, 0.29) is 0 Å². The summed E-state index contributed by atoms with van der Waals surface area (Å²) in [6.07, 6.45) is 5.07. The Bertz CT molecular complexity index is 310. The summed E-state index contributed by atoms with van der Waals surface area (Å²) in [7, 11) is 0. The van der Waals surface area contributed by atoms with Gasteiger partial charge in [0.15, 0.2) is 0 Å². The summed E-state index contributed by atoms with van der Waals surface area (Å²) in [6, 6.07) is 10.8. The van der Waals surface area contributed by atoms with Crippen molar-refractivity contribution >= 4 is 11.6 Å². The maximum atomic E-state index is 5.84. The van der Waals surface area contributed by atoms with Gasteiger partial charge in [0, 0.05) is 19.0 Å². The second-order valence-corrected chi connectivity index (χ2v) is 5.40. The molecule has 1 aromatic rings. The fourth-order valence-corrected chi connectivity index (χ4v) is 2.98. The molecule has 1 nitrogen and oxygen atoms in total. The van der Waals surface area contributed by atoms with Gasteiger partial charge in [0.25, 0.3) is 0 Å². The molecule has 2 heteroatoms. The number of benzene rings is 1. The van der Waals surface area contributed by atoms with Crippen LogP contribution in [0.4, 0.5) is 0 Å². The fraction of sp³-hybridized carbons (Fsp3) is 0.600. The van der Waals surface area contributed by atoms with Crippen molar-refractivity contribution in [2.45, 2.75) is 25.7 Å². The zero-order valence-electron chi connectivity index (χ0n) is 10.4. The van der Waals surface area contributed by atoms with E-state index in [1.165, 1.54) is 50.9 Å². The van der Waals surface area contributed by atoms with Crippen LogP contribution in [0.15, 0.2) is 30.3 Å². The first-order valence-corrected chi connectivity index (χ1v) is 7.24. The highest BCUT2D eigenvalue weighted by Gasteiger charge is 2.18. The van der Waals surface area contributed by atoms with Crippen molar-refractivity contribution in [3.8, 4) is 0 Å². The standard InChI is InChI=1S/C15H22ClN/c16-10-8-15-7-4-11-17(13-15)12-9-14-5-2-1-3-6-14/h1-3,5-6,15H,4,7-13H2. The third kappa shape index (κ3) is 4.33. The minimum Gasteiger partial charge on any atom is -0.303 e. The van der Waals surface area contributed by atoms with E-state index in [1.807, 2.05) is 0 Å². The third-order valence-corrected chi connectivity index (χ3v) is 3.90. The Morgan fingerprint density at radius 3 is 2.82 bits per heavy atom. The molecular formula is C15H22ClN. The summed E-state index contributed by atoms with van der Waals surface area (Å²) in [5, 5.41) is 0. The zero-order chi connectivity index (χ0) is 11.9. The zero-order valence-corrected chi connectivity index (χ0v) is 11.2. The van der Waals surface area contributed by atoms with Crippen molar-refractivity contribution in [3.63, 3.8) is 0 Å². The number of likely N-dealkylation sites (tertiary alicyclic amines) is 1. The molecule has 17 heavy (non-hydrogen) atoms. The third-order valence-electron chi connectivity index (χ3n) is 3.68. The van der Waals surface area contributed by atoms with E-state index in [9.17, 15) is 0 Å². The van der Waals surface area contributed by atoms with Crippen molar-refractivity contribution in [1.29, 1.82) is 0 Å². The Balaban J connectivity index is 1.75. The average Bonchev–Trinajstić information content (AvgIpc) is 2.39. The number of piperidine rings is 1. The lowest BCUT2D eigenvalue weighted by atomic mass is 9.95. The van der Waals surface area contributed by atoms with E-state index in [1.54, 1.807) is 0 Å². The fourth-order valence-electron chi connectivity index (χ4n) is 2.68. The van der Waals surface area contributed by atoms with Crippen LogP contribution in [0.3, 0.4) is 0 Å². The van der Waals surface area contributed by atoms with Crippen LogP contribution in [0.25, 0.3) is 0 Å². The first-order chi connectivity index (χ1) is 8.38. The number of nitrogens with zero attached hydrogens (tertiary/aromatic N) is 1. The Morgan fingerprint density at radius 2 is 2.06 bits per heavy atom. The Hall–Kier alpha value is -0.530. The molecule has 0 amide bonds. The van der Waals surface area contributed by atoms with E-state index in [4.69, 9.17) is 11.6 Å². The quantitative estimate of drug-likeness (QED) is 0.724. The van der Waals surface area contributed by atoms with E-state index in [2.05, 4.69) is 35.2 Å². The lowest BCUT2D eigenvalue weighted by molar-refractivity contribution is 0.174. The molecule has 1 aliphatic heterocycles. The van der Waals surface area contributed by atoms with Gasteiger partial charge in [-0.3, -0.25) is 0 Å². The molecule has 0 bridgehead atoms. The van der Waals surface area contributed by atoms with Gasteiger partial charge in [-0.25, -0.2) is 0 Å². The predicted molar refractivity (Wildman–Crippen MR) is 74.6 cm³/mol. The summed E-state index contributed by atoms with van der Waals surface area (Å²) >= 11 is 5.84. The second-order valence-electron chi connectivity index (χ2n) is 5.02. The molecule has 0 spiro atoms. The van der Waals surface area contributed by atoms with Crippen molar-refractivity contribution in [2.24, 2.45) is 5.92 Å². The number of alkyl halides is 1. The van der Waals surface area contributed by atoms with Crippen LogP contribution in [0.1, 0.15) is 24.8 Å². The summed E-state index contributed by atoms with van der Waals surface area (Å²) in [5.74, 6) is 1.65. The smallest absolute Gasteiger partial charge is 0.0226 e. The van der Waals surface area contributed by atoms with E-state index >= 15 is 0 Å². The monoisotopic (exact) mass is 251 g/mol. The van der Waals surface area contributed by atoms with Crippen LogP contribution in [0, 0.1) is 5.92 Å². The molecule has 2 rings (SSSR count). The molecule has 0 N–H and O–H groups in total. The van der Waals surface area contributed by atoms with Gasteiger partial charge in [0.05, 0.1) is 0 Å². The number of hydrogen-bond donors (Lipinski definition) is 0. The maximum Gasteiger partial charge on any atom is 0.0226 e. The van der Waals surface area contributed by atoms with Crippen LogP contribution >= 0.6 is 11.6 Å². The molecule has 1 unspecified atom stereocenters. The normalized spacial score (nSPS) is 21.6. The molecule has 1 heterocycles. The number of halogens is 1. The summed E-state index contributed by atoms with van der Waals surface area (Å²) in [4.78, 5) is 2.60. The highest BCUT2D eigenvalue weighted by Crippen LogP contribution is 2.20. The van der Waals surface area contributed by atoms with E-state index < -0.39 is 0 Å². The van der Waals surface area contributed by atoms with E-state index in [0.29, 0.717) is 0 Å². The Kier molecular flexibility index (Phi) is 5.34. The summed E-state index contributed by atoms with van der Waals surface area (Å²) in [5.41, 5.74) is 1.45. The van der Waals surface area contributed by atoms with Crippen molar-refractivity contribution < 1.29 is 0 Å². The molecule has 0 aliphatic carbocycles. The van der Waals surface area contributed by atoms with Gasteiger partial charge in [-0.15, -0.1) is 11.6 Å². The molecular weight excluding hydrogens is 230 g/mol. The van der Waals surface area contributed by atoms with Gasteiger partial charge in [0.2, 0.25) is 0 Å². The van der Waals surface area contributed by atoms with E-state index in [0.717, 1.165) is 11.8 Å². The maximum absolute atomic E-state index is 5.84. The number of hydrogen-bond acceptors (Lipinski definition) is 1. The minimum atomic E-state index is 0.817. The Labute approximate surface area is 110 Å². The number of rotatable bonds is 5. The first-order valence-electron chi connectivity index (χ1n) is 6.70. The molecule has 0 aromatic heterocycles. The van der Waals surface area contributed by atoms with Gasteiger partial charge < -0.3 is 4.90 Å². The van der Waals surface area contributed by atoms with Crippen LogP contribution < -0.4 is 0 Å². The van der Waals surface area contributed by atoms with Crippen molar-refractivity contribution in [2.75, 3.05) is 25.5 Å².